The Labute approximate surface area is 194 Å². The predicted molar refractivity (Wildman–Crippen MR) is 119 cm³/mol. The summed E-state index contributed by atoms with van der Waals surface area (Å²) in [6, 6.07) is 3.23. The van der Waals surface area contributed by atoms with Crippen LogP contribution in [0, 0.1) is 17.2 Å². The van der Waals surface area contributed by atoms with Crippen molar-refractivity contribution in [2.24, 2.45) is 5.92 Å². The summed E-state index contributed by atoms with van der Waals surface area (Å²) in [5, 5.41) is 16.0. The summed E-state index contributed by atoms with van der Waals surface area (Å²) in [5.41, 5.74) is 0.111. The number of nitrogens with one attached hydrogen (secondary N) is 3. The Bertz CT molecular complexity index is 1240. The van der Waals surface area contributed by atoms with Gasteiger partial charge in [-0.25, -0.2) is 15.0 Å². The molecule has 0 aliphatic heterocycles. The molecule has 34 heavy (non-hydrogen) atoms. The van der Waals surface area contributed by atoms with Crippen molar-refractivity contribution in [2.75, 3.05) is 5.32 Å². The van der Waals surface area contributed by atoms with E-state index in [0.717, 1.165) is 37.9 Å². The zero-order chi connectivity index (χ0) is 24.5. The normalized spacial score (nSPS) is 19.4. The first-order valence-corrected chi connectivity index (χ1v) is 11.0. The van der Waals surface area contributed by atoms with Gasteiger partial charge in [0.15, 0.2) is 0 Å². The SMILES string of the molecule is CC(=O)NC1CCC([C@@H](C)Nc2ncc(C#N)c(-c3c[nH]c4ncc(C(F)(F)F)cc34)n2)CC1. The number of nitrogens with zero attached hydrogens (tertiary/aromatic N) is 4. The maximum atomic E-state index is 13.2. The maximum Gasteiger partial charge on any atom is 0.417 e. The van der Waals surface area contributed by atoms with Gasteiger partial charge in [0, 0.05) is 42.4 Å². The molecule has 0 bridgehead atoms. The number of aromatic amines is 1. The molecule has 3 N–H and O–H groups in total. The van der Waals surface area contributed by atoms with Gasteiger partial charge in [0.1, 0.15) is 11.7 Å². The van der Waals surface area contributed by atoms with Gasteiger partial charge in [-0.3, -0.25) is 4.79 Å². The molecule has 1 amide bonds. The predicted octanol–water partition coefficient (Wildman–Crippen LogP) is 4.41. The van der Waals surface area contributed by atoms with E-state index in [9.17, 15) is 23.2 Å². The summed E-state index contributed by atoms with van der Waals surface area (Å²) in [4.78, 5) is 26.7. The molecule has 4 rings (SSSR count). The first-order chi connectivity index (χ1) is 16.2. The first-order valence-electron chi connectivity index (χ1n) is 11.0. The van der Waals surface area contributed by atoms with E-state index in [0.29, 0.717) is 17.4 Å². The van der Waals surface area contributed by atoms with Gasteiger partial charge in [-0.1, -0.05) is 0 Å². The summed E-state index contributed by atoms with van der Waals surface area (Å²) in [6.45, 7) is 3.54. The average molecular weight is 471 g/mol. The van der Waals surface area contributed by atoms with Gasteiger partial charge in [-0.05, 0) is 44.6 Å². The Morgan fingerprint density at radius 3 is 2.62 bits per heavy atom. The second-order valence-electron chi connectivity index (χ2n) is 8.63. The fourth-order valence-corrected chi connectivity index (χ4v) is 4.47. The monoisotopic (exact) mass is 471 g/mol. The number of anilines is 1. The van der Waals surface area contributed by atoms with Crippen molar-refractivity contribution in [3.8, 4) is 17.3 Å². The van der Waals surface area contributed by atoms with Gasteiger partial charge < -0.3 is 15.6 Å². The van der Waals surface area contributed by atoms with E-state index in [1.165, 1.54) is 19.3 Å². The van der Waals surface area contributed by atoms with Crippen LogP contribution in [0.1, 0.15) is 50.7 Å². The molecule has 3 aromatic rings. The van der Waals surface area contributed by atoms with Crippen LogP contribution >= 0.6 is 0 Å². The second kappa shape index (κ2) is 9.29. The fraction of sp³-hybridized carbons (Fsp3) is 0.435. The zero-order valence-electron chi connectivity index (χ0n) is 18.7. The molecule has 1 fully saturated rings. The minimum absolute atomic E-state index is 0.0250. The average Bonchev–Trinajstić information content (AvgIpc) is 3.21. The van der Waals surface area contributed by atoms with Crippen molar-refractivity contribution < 1.29 is 18.0 Å². The number of nitriles is 1. The van der Waals surface area contributed by atoms with Gasteiger partial charge in [0.05, 0.1) is 23.0 Å². The van der Waals surface area contributed by atoms with Crippen molar-refractivity contribution in [3.05, 3.63) is 35.8 Å². The highest BCUT2D eigenvalue weighted by Crippen LogP contribution is 2.35. The van der Waals surface area contributed by atoms with Crippen molar-refractivity contribution in [1.29, 1.82) is 5.26 Å². The minimum Gasteiger partial charge on any atom is -0.354 e. The lowest BCUT2D eigenvalue weighted by atomic mass is 9.82. The third-order valence-corrected chi connectivity index (χ3v) is 6.27. The number of aromatic nitrogens is 4. The van der Waals surface area contributed by atoms with Gasteiger partial charge in [-0.15, -0.1) is 0 Å². The quantitative estimate of drug-likeness (QED) is 0.507. The Morgan fingerprint density at radius 2 is 1.97 bits per heavy atom. The van der Waals surface area contributed by atoms with E-state index in [-0.39, 0.29) is 40.3 Å². The van der Waals surface area contributed by atoms with Gasteiger partial charge in [0.2, 0.25) is 11.9 Å². The molecule has 11 heteroatoms. The number of fused-ring (bicyclic) bond motifs is 1. The minimum atomic E-state index is -4.54. The highest BCUT2D eigenvalue weighted by atomic mass is 19.4. The molecule has 0 saturated heterocycles. The Hall–Kier alpha value is -3.68. The molecule has 0 aromatic carbocycles. The highest BCUT2D eigenvalue weighted by Gasteiger charge is 2.32. The van der Waals surface area contributed by atoms with Crippen LogP contribution in [0.15, 0.2) is 24.7 Å². The molecule has 8 nitrogen and oxygen atoms in total. The van der Waals surface area contributed by atoms with E-state index >= 15 is 0 Å². The largest absolute Gasteiger partial charge is 0.417 e. The Balaban J connectivity index is 1.58. The number of halogens is 3. The Kier molecular flexibility index (Phi) is 6.41. The van der Waals surface area contributed by atoms with Crippen molar-refractivity contribution in [1.82, 2.24) is 25.3 Å². The fourth-order valence-electron chi connectivity index (χ4n) is 4.47. The van der Waals surface area contributed by atoms with Crippen molar-refractivity contribution in [2.45, 2.75) is 57.8 Å². The number of H-pyrrole nitrogens is 1. The van der Waals surface area contributed by atoms with Gasteiger partial charge >= 0.3 is 6.18 Å². The van der Waals surface area contributed by atoms with Gasteiger partial charge in [0.25, 0.3) is 0 Å². The molecule has 3 aromatic heterocycles. The molecular formula is C23H24F3N7O. The highest BCUT2D eigenvalue weighted by molar-refractivity contribution is 5.94. The van der Waals surface area contributed by atoms with Crippen LogP contribution in [-0.4, -0.2) is 37.9 Å². The molecule has 178 valence electrons. The molecular weight excluding hydrogens is 447 g/mol. The van der Waals surface area contributed by atoms with E-state index in [4.69, 9.17) is 0 Å². The standard InChI is InChI=1S/C23H24F3N7O/c1-12(14-3-5-17(6-4-14)32-13(2)34)31-22-30-9-15(8-27)20(33-22)19-11-29-21-18(19)7-16(10-28-21)23(24,25)26/h7,9-12,14,17H,3-6H2,1-2H3,(H,28,29)(H,32,34)(H,30,31,33)/t12-,14?,17?/m1/s1. The second-order valence-corrected chi connectivity index (χ2v) is 8.63. The van der Waals surface area contributed by atoms with Crippen molar-refractivity contribution >= 4 is 22.9 Å². The third kappa shape index (κ3) is 4.95. The number of carbonyl (C=O) groups is 1. The lowest BCUT2D eigenvalue weighted by Crippen LogP contribution is -2.39. The molecule has 0 radical (unpaired) electrons. The van der Waals surface area contributed by atoms with Crippen LogP contribution in [0.2, 0.25) is 0 Å². The van der Waals surface area contributed by atoms with Crippen LogP contribution in [0.3, 0.4) is 0 Å². The topological polar surface area (TPSA) is 119 Å². The number of hydrogen-bond donors (Lipinski definition) is 3. The lowest BCUT2D eigenvalue weighted by Gasteiger charge is -2.32. The van der Waals surface area contributed by atoms with E-state index < -0.39 is 11.7 Å². The first kappa shape index (κ1) is 23.5. The number of rotatable bonds is 5. The number of alkyl halides is 3. The number of hydrogen-bond acceptors (Lipinski definition) is 6. The number of amides is 1. The lowest BCUT2D eigenvalue weighted by molar-refractivity contribution is -0.137. The van der Waals surface area contributed by atoms with Crippen LogP contribution in [0.25, 0.3) is 22.3 Å². The van der Waals surface area contributed by atoms with E-state index in [1.54, 1.807) is 0 Å². The number of carbonyl (C=O) groups excluding carboxylic acids is 1. The molecule has 0 spiro atoms. The van der Waals surface area contributed by atoms with Crippen LogP contribution in [0.4, 0.5) is 19.1 Å². The molecule has 1 aliphatic rings. The number of pyridine rings is 1. The Morgan fingerprint density at radius 1 is 1.24 bits per heavy atom. The summed E-state index contributed by atoms with van der Waals surface area (Å²) in [6.07, 6.45) is 2.72. The van der Waals surface area contributed by atoms with E-state index in [2.05, 4.69) is 30.6 Å². The third-order valence-electron chi connectivity index (χ3n) is 6.27. The summed E-state index contributed by atoms with van der Waals surface area (Å²) < 4.78 is 39.6. The molecule has 0 unspecified atom stereocenters. The molecule has 1 saturated carbocycles. The summed E-state index contributed by atoms with van der Waals surface area (Å²) in [7, 11) is 0. The van der Waals surface area contributed by atoms with E-state index in [1.807, 2.05) is 13.0 Å². The van der Waals surface area contributed by atoms with Crippen molar-refractivity contribution in [3.63, 3.8) is 0 Å². The van der Waals surface area contributed by atoms with Gasteiger partial charge in [-0.2, -0.15) is 18.4 Å². The molecule has 1 aliphatic carbocycles. The van der Waals surface area contributed by atoms with Crippen LogP contribution in [-0.2, 0) is 11.0 Å². The summed E-state index contributed by atoms with van der Waals surface area (Å²) in [5.74, 6) is 0.613. The molecule has 1 atom stereocenters. The smallest absolute Gasteiger partial charge is 0.354 e. The maximum absolute atomic E-state index is 13.2. The summed E-state index contributed by atoms with van der Waals surface area (Å²) >= 11 is 0. The zero-order valence-corrected chi connectivity index (χ0v) is 18.7. The van der Waals surface area contributed by atoms with Crippen LogP contribution in [0.5, 0.6) is 0 Å². The molecule has 3 heterocycles. The van der Waals surface area contributed by atoms with Crippen LogP contribution < -0.4 is 10.6 Å².